The Labute approximate surface area is 134 Å². The Bertz CT molecular complexity index is 373. The monoisotopic (exact) mass is 313 g/mol. The van der Waals surface area contributed by atoms with Crippen LogP contribution in [0.5, 0.6) is 0 Å². The van der Waals surface area contributed by atoms with Crippen molar-refractivity contribution in [1.82, 2.24) is 5.32 Å². The summed E-state index contributed by atoms with van der Waals surface area (Å²) in [6, 6.07) is -0.283. The summed E-state index contributed by atoms with van der Waals surface area (Å²) in [5.41, 5.74) is 1.37. The number of carbonyl (C=O) groups is 1. The van der Waals surface area contributed by atoms with E-state index in [1.807, 2.05) is 20.1 Å². The highest BCUT2D eigenvalue weighted by Crippen LogP contribution is 2.22. The molecule has 3 nitrogen and oxygen atoms in total. The molecule has 0 aliphatic rings. The van der Waals surface area contributed by atoms with E-state index in [0.29, 0.717) is 11.1 Å². The van der Waals surface area contributed by atoms with Gasteiger partial charge in [0.1, 0.15) is 12.0 Å². The maximum atomic E-state index is 10.7. The van der Waals surface area contributed by atoms with Gasteiger partial charge in [-0.05, 0) is 25.7 Å². The van der Waals surface area contributed by atoms with Crippen molar-refractivity contribution in [2.75, 3.05) is 6.26 Å². The van der Waals surface area contributed by atoms with Gasteiger partial charge in [-0.2, -0.15) is 0 Å². The number of nitrogens with one attached hydrogen (secondary N) is 1. The molecule has 0 rings (SSSR count). The number of aldehydes is 1. The lowest BCUT2D eigenvalue weighted by Crippen LogP contribution is -2.36. The van der Waals surface area contributed by atoms with Crippen LogP contribution >= 0.6 is 11.8 Å². The minimum atomic E-state index is -0.283. The zero-order valence-electron chi connectivity index (χ0n) is 13.1. The van der Waals surface area contributed by atoms with Crippen LogP contribution in [0.1, 0.15) is 35.1 Å². The molecule has 0 amide bonds. The molecular formula is C17H31NO2S. The summed E-state index contributed by atoms with van der Waals surface area (Å²) in [5.74, 6) is 0.162. The number of carbonyl (C=O) groups excluding carboxylic acids is 1. The normalized spacial score (nSPS) is 14.4. The van der Waals surface area contributed by atoms with E-state index in [0.717, 1.165) is 6.29 Å². The van der Waals surface area contributed by atoms with Gasteiger partial charge in [0, 0.05) is 5.57 Å². The van der Waals surface area contributed by atoms with Crippen LogP contribution in [0, 0.1) is 0 Å². The van der Waals surface area contributed by atoms with Crippen LogP contribution < -0.4 is 5.32 Å². The van der Waals surface area contributed by atoms with Crippen LogP contribution in [0.25, 0.3) is 0 Å². The number of rotatable bonds is 8. The molecule has 2 atom stereocenters. The fourth-order valence-corrected chi connectivity index (χ4v) is 2.19. The molecule has 0 saturated heterocycles. The van der Waals surface area contributed by atoms with Crippen LogP contribution in [0.3, 0.4) is 0 Å². The molecule has 2 unspecified atom stereocenters. The Morgan fingerprint density at radius 2 is 1.86 bits per heavy atom. The lowest BCUT2D eigenvalue weighted by Gasteiger charge is -2.21. The lowest BCUT2D eigenvalue weighted by atomic mass is 10.1. The molecule has 0 radical (unpaired) electrons. The second-order valence-electron chi connectivity index (χ2n) is 3.80. The molecule has 0 aliphatic heterocycles. The van der Waals surface area contributed by atoms with Gasteiger partial charge in [-0.3, -0.25) is 5.32 Å². The van der Waals surface area contributed by atoms with Crippen molar-refractivity contribution in [3.05, 3.63) is 48.3 Å². The number of aliphatic hydroxyl groups excluding tert-OH is 1. The largest absolute Gasteiger partial charge is 0.507 e. The predicted octanol–water partition coefficient (Wildman–Crippen LogP) is 4.65. The number of hydrogen-bond acceptors (Lipinski definition) is 4. The second-order valence-corrected chi connectivity index (χ2v) is 4.74. The van der Waals surface area contributed by atoms with Gasteiger partial charge in [0.15, 0.2) is 0 Å². The summed E-state index contributed by atoms with van der Waals surface area (Å²) in [4.78, 5) is 10.7. The molecular weight excluding hydrogens is 282 g/mol. The first-order valence-electron chi connectivity index (χ1n) is 6.61. The predicted molar refractivity (Wildman–Crippen MR) is 97.8 cm³/mol. The van der Waals surface area contributed by atoms with Crippen LogP contribution in [0.2, 0.25) is 0 Å². The van der Waals surface area contributed by atoms with E-state index < -0.39 is 0 Å². The summed E-state index contributed by atoms with van der Waals surface area (Å²) < 4.78 is 0. The first kappa shape index (κ1) is 24.7. The molecule has 4 heteroatoms. The van der Waals surface area contributed by atoms with E-state index in [-0.39, 0.29) is 24.6 Å². The van der Waals surface area contributed by atoms with E-state index >= 15 is 0 Å². The maximum Gasteiger partial charge on any atom is 0.136 e. The highest BCUT2D eigenvalue weighted by molar-refractivity contribution is 7.99. The van der Waals surface area contributed by atoms with E-state index in [1.165, 1.54) is 11.8 Å². The molecule has 0 bridgehead atoms. The van der Waals surface area contributed by atoms with E-state index in [4.69, 9.17) is 0 Å². The smallest absolute Gasteiger partial charge is 0.136 e. The summed E-state index contributed by atoms with van der Waals surface area (Å²) in [6.45, 7) is 14.9. The zero-order valence-corrected chi connectivity index (χ0v) is 14.0. The Kier molecular flexibility index (Phi) is 17.8. The molecule has 0 heterocycles. The van der Waals surface area contributed by atoms with Gasteiger partial charge in [-0.25, -0.2) is 0 Å². The van der Waals surface area contributed by atoms with Gasteiger partial charge in [0.05, 0.1) is 11.4 Å². The van der Waals surface area contributed by atoms with Crippen LogP contribution in [-0.2, 0) is 4.79 Å². The van der Waals surface area contributed by atoms with Gasteiger partial charge < -0.3 is 9.90 Å². The minimum absolute atomic E-state index is 0. The van der Waals surface area contributed by atoms with E-state index in [9.17, 15) is 9.90 Å². The Morgan fingerprint density at radius 1 is 1.33 bits per heavy atom. The third kappa shape index (κ3) is 9.32. The zero-order chi connectivity index (χ0) is 16.1. The SMILES string of the molecule is C.C=C/C=C(C)\C(O)=C(/C=C)C(NC(C)C=O)SC.CC. The highest BCUT2D eigenvalue weighted by atomic mass is 32.2. The molecule has 0 saturated carbocycles. The van der Waals surface area contributed by atoms with Crippen molar-refractivity contribution in [3.8, 4) is 0 Å². The number of allylic oxidation sites excluding steroid dienone is 3. The molecule has 122 valence electrons. The number of thioether (sulfide) groups is 1. The standard InChI is InChI=1S/C14H21NO2S.C2H6.CH4/c1-6-8-10(3)13(17)12(7-2)14(18-5)15-11(4)9-16;1-2;/h6-9,11,14-15,17H,1-2H2,3-5H3;1-2H3;1H4/b10-8-,13-12-;;. The Hall–Kier alpha value is -1.26. The van der Waals surface area contributed by atoms with Crippen molar-refractivity contribution >= 4 is 18.0 Å². The van der Waals surface area contributed by atoms with E-state index in [1.54, 1.807) is 32.1 Å². The topological polar surface area (TPSA) is 49.3 Å². The quantitative estimate of drug-likeness (QED) is 0.296. The minimum Gasteiger partial charge on any atom is -0.507 e. The van der Waals surface area contributed by atoms with Crippen molar-refractivity contribution in [3.63, 3.8) is 0 Å². The van der Waals surface area contributed by atoms with Crippen LogP contribution in [0.4, 0.5) is 0 Å². The van der Waals surface area contributed by atoms with Crippen LogP contribution in [0.15, 0.2) is 48.3 Å². The molecule has 0 aromatic heterocycles. The van der Waals surface area contributed by atoms with Crippen molar-refractivity contribution in [1.29, 1.82) is 0 Å². The number of hydrogen-bond donors (Lipinski definition) is 2. The number of aliphatic hydroxyl groups is 1. The molecule has 0 aromatic rings. The third-order valence-electron chi connectivity index (χ3n) is 2.37. The Balaban J connectivity index is -0.00000103. The van der Waals surface area contributed by atoms with Crippen molar-refractivity contribution < 1.29 is 9.90 Å². The summed E-state index contributed by atoms with van der Waals surface area (Å²) in [7, 11) is 0. The molecule has 0 spiro atoms. The van der Waals surface area contributed by atoms with Crippen LogP contribution in [-0.4, -0.2) is 29.1 Å². The molecule has 0 fully saturated rings. The second kappa shape index (κ2) is 15.1. The van der Waals surface area contributed by atoms with Gasteiger partial charge in [-0.15, -0.1) is 11.8 Å². The summed E-state index contributed by atoms with van der Waals surface area (Å²) in [6.07, 6.45) is 7.66. The molecule has 21 heavy (non-hydrogen) atoms. The average molecular weight is 314 g/mol. The van der Waals surface area contributed by atoms with E-state index in [2.05, 4.69) is 18.5 Å². The molecule has 0 aromatic carbocycles. The average Bonchev–Trinajstić information content (AvgIpc) is 2.48. The first-order chi connectivity index (χ1) is 9.51. The fraction of sp³-hybridized carbons (Fsp3) is 0.471. The van der Waals surface area contributed by atoms with Gasteiger partial charge in [0.25, 0.3) is 0 Å². The van der Waals surface area contributed by atoms with Crippen molar-refractivity contribution in [2.24, 2.45) is 0 Å². The highest BCUT2D eigenvalue weighted by Gasteiger charge is 2.17. The summed E-state index contributed by atoms with van der Waals surface area (Å²) in [5, 5.41) is 13.1. The summed E-state index contributed by atoms with van der Waals surface area (Å²) >= 11 is 1.50. The van der Waals surface area contributed by atoms with Crippen molar-refractivity contribution in [2.45, 2.75) is 46.5 Å². The van der Waals surface area contributed by atoms with Gasteiger partial charge in [-0.1, -0.05) is 52.7 Å². The van der Waals surface area contributed by atoms with Gasteiger partial charge in [0.2, 0.25) is 0 Å². The van der Waals surface area contributed by atoms with Gasteiger partial charge >= 0.3 is 0 Å². The molecule has 0 aliphatic carbocycles. The Morgan fingerprint density at radius 3 is 2.19 bits per heavy atom. The lowest BCUT2D eigenvalue weighted by molar-refractivity contribution is -0.109. The molecule has 2 N–H and O–H groups in total. The maximum absolute atomic E-state index is 10.7. The fourth-order valence-electron chi connectivity index (χ4n) is 1.37. The third-order valence-corrected chi connectivity index (χ3v) is 3.23. The first-order valence-corrected chi connectivity index (χ1v) is 7.90.